The highest BCUT2D eigenvalue weighted by atomic mass is 35.6. The van der Waals surface area contributed by atoms with E-state index in [0.29, 0.717) is 5.69 Å². The monoisotopic (exact) mass is 479 g/mol. The molecule has 1 heterocycles. The minimum Gasteiger partial charge on any atom is -0.462 e. The van der Waals surface area contributed by atoms with Crippen molar-refractivity contribution in [1.29, 1.82) is 0 Å². The molecule has 0 atom stereocenters. The Hall–Kier alpha value is -2.87. The van der Waals surface area contributed by atoms with Gasteiger partial charge < -0.3 is 10.1 Å². The van der Waals surface area contributed by atoms with Crippen molar-refractivity contribution in [3.63, 3.8) is 0 Å². The SMILES string of the molecule is CCOC(=O)c1cnc(-c2cccc3ccccc23)cc1NC(=O)NC(=O)C(Cl)(Cl)Cl. The number of carbonyl (C=O) groups is 3. The molecule has 0 unspecified atom stereocenters. The van der Waals surface area contributed by atoms with Gasteiger partial charge in [0.25, 0.3) is 9.70 Å². The van der Waals surface area contributed by atoms with Crippen LogP contribution in [0.3, 0.4) is 0 Å². The Balaban J connectivity index is 2.02. The number of amides is 3. The highest BCUT2D eigenvalue weighted by molar-refractivity contribution is 6.76. The van der Waals surface area contributed by atoms with E-state index in [1.54, 1.807) is 6.92 Å². The minimum atomic E-state index is -2.33. The van der Waals surface area contributed by atoms with E-state index < -0.39 is 21.7 Å². The molecule has 0 aliphatic rings. The molecule has 0 aliphatic heterocycles. The van der Waals surface area contributed by atoms with Crippen LogP contribution in [0.5, 0.6) is 0 Å². The first kappa shape index (κ1) is 22.8. The summed E-state index contributed by atoms with van der Waals surface area (Å²) in [5.41, 5.74) is 1.36. The summed E-state index contributed by atoms with van der Waals surface area (Å²) >= 11 is 16.4. The Morgan fingerprint density at radius 2 is 1.77 bits per heavy atom. The van der Waals surface area contributed by atoms with E-state index in [1.165, 1.54) is 12.3 Å². The van der Waals surface area contributed by atoms with Crippen LogP contribution in [-0.2, 0) is 9.53 Å². The number of fused-ring (bicyclic) bond motifs is 1. The molecule has 7 nitrogen and oxygen atoms in total. The lowest BCUT2D eigenvalue weighted by Gasteiger charge is -2.14. The maximum atomic E-state index is 12.3. The van der Waals surface area contributed by atoms with Crippen molar-refractivity contribution in [2.75, 3.05) is 11.9 Å². The fourth-order valence-corrected chi connectivity index (χ4v) is 3.00. The van der Waals surface area contributed by atoms with Crippen molar-refractivity contribution in [3.8, 4) is 11.3 Å². The van der Waals surface area contributed by atoms with Gasteiger partial charge in [-0.25, -0.2) is 9.59 Å². The van der Waals surface area contributed by atoms with Crippen LogP contribution in [0.4, 0.5) is 10.5 Å². The van der Waals surface area contributed by atoms with E-state index in [4.69, 9.17) is 39.5 Å². The molecule has 3 amide bonds. The third-order valence-electron chi connectivity index (χ3n) is 4.20. The summed E-state index contributed by atoms with van der Waals surface area (Å²) in [6.07, 6.45) is 1.29. The number of hydrogen-bond donors (Lipinski definition) is 2. The molecule has 0 fully saturated rings. The minimum absolute atomic E-state index is 0.00215. The summed E-state index contributed by atoms with van der Waals surface area (Å²) in [5.74, 6) is -1.83. The molecule has 0 bridgehead atoms. The summed E-state index contributed by atoms with van der Waals surface area (Å²) in [4.78, 5) is 40.7. The van der Waals surface area contributed by atoms with Gasteiger partial charge in [-0.3, -0.25) is 15.1 Å². The van der Waals surface area contributed by atoms with Gasteiger partial charge in [0.1, 0.15) is 5.56 Å². The van der Waals surface area contributed by atoms with Crippen LogP contribution in [0.2, 0.25) is 0 Å². The van der Waals surface area contributed by atoms with Crippen molar-refractivity contribution in [2.45, 2.75) is 10.7 Å². The fourth-order valence-electron chi connectivity index (χ4n) is 2.85. The molecule has 2 aromatic carbocycles. The van der Waals surface area contributed by atoms with Crippen LogP contribution in [0.15, 0.2) is 54.7 Å². The molecule has 0 radical (unpaired) electrons. The number of alkyl halides is 3. The molecule has 3 rings (SSSR count). The van der Waals surface area contributed by atoms with Gasteiger partial charge in [-0.15, -0.1) is 0 Å². The van der Waals surface area contributed by atoms with Crippen LogP contribution in [0.25, 0.3) is 22.0 Å². The first-order valence-corrected chi connectivity index (χ1v) is 10.2. The van der Waals surface area contributed by atoms with Crippen LogP contribution in [0.1, 0.15) is 17.3 Å². The van der Waals surface area contributed by atoms with Gasteiger partial charge in [0.2, 0.25) is 0 Å². The second-order valence-electron chi connectivity index (χ2n) is 6.27. The Morgan fingerprint density at radius 1 is 1.06 bits per heavy atom. The summed E-state index contributed by atoms with van der Waals surface area (Å²) in [6, 6.07) is 13.9. The number of pyridine rings is 1. The Labute approximate surface area is 192 Å². The fraction of sp³-hybridized carbons (Fsp3) is 0.143. The van der Waals surface area contributed by atoms with E-state index >= 15 is 0 Å². The third-order valence-corrected chi connectivity index (χ3v) is 4.71. The van der Waals surface area contributed by atoms with E-state index in [9.17, 15) is 14.4 Å². The van der Waals surface area contributed by atoms with E-state index in [1.807, 2.05) is 47.8 Å². The second-order valence-corrected chi connectivity index (χ2v) is 8.55. The number of aromatic nitrogens is 1. The molecule has 1 aromatic heterocycles. The maximum Gasteiger partial charge on any atom is 0.341 e. The Bertz CT molecular complexity index is 1160. The van der Waals surface area contributed by atoms with E-state index in [0.717, 1.165) is 16.3 Å². The van der Waals surface area contributed by atoms with Crippen molar-refractivity contribution >= 4 is 69.2 Å². The number of carbonyl (C=O) groups excluding carboxylic acids is 3. The summed E-state index contributed by atoms with van der Waals surface area (Å²) in [6.45, 7) is 1.77. The lowest BCUT2D eigenvalue weighted by molar-refractivity contribution is -0.119. The number of rotatable bonds is 4. The summed E-state index contributed by atoms with van der Waals surface area (Å²) in [7, 11) is 0. The third kappa shape index (κ3) is 5.44. The molecule has 0 saturated carbocycles. The highest BCUT2D eigenvalue weighted by Gasteiger charge is 2.32. The smallest absolute Gasteiger partial charge is 0.341 e. The number of urea groups is 1. The first-order chi connectivity index (χ1) is 14.7. The number of esters is 1. The molecule has 10 heteroatoms. The van der Waals surface area contributed by atoms with Crippen LogP contribution >= 0.6 is 34.8 Å². The molecular formula is C21H16Cl3N3O4. The maximum absolute atomic E-state index is 12.3. The van der Waals surface area contributed by atoms with Gasteiger partial charge in [-0.05, 0) is 23.8 Å². The number of benzene rings is 2. The number of nitrogens with zero attached hydrogens (tertiary/aromatic N) is 1. The van der Waals surface area contributed by atoms with Gasteiger partial charge in [0, 0.05) is 11.8 Å². The summed E-state index contributed by atoms with van der Waals surface area (Å²) in [5, 5.41) is 6.25. The molecular weight excluding hydrogens is 465 g/mol. The van der Waals surface area contributed by atoms with E-state index in [-0.39, 0.29) is 17.9 Å². The lowest BCUT2D eigenvalue weighted by atomic mass is 10.0. The quantitative estimate of drug-likeness (QED) is 0.400. The van der Waals surface area contributed by atoms with Crippen LogP contribution in [0, 0.1) is 0 Å². The van der Waals surface area contributed by atoms with Gasteiger partial charge in [0.05, 0.1) is 18.0 Å². The summed E-state index contributed by atoms with van der Waals surface area (Å²) < 4.78 is 2.69. The molecule has 0 saturated heterocycles. The zero-order chi connectivity index (χ0) is 22.6. The van der Waals surface area contributed by atoms with Crippen molar-refractivity contribution in [2.24, 2.45) is 0 Å². The lowest BCUT2D eigenvalue weighted by Crippen LogP contribution is -2.41. The molecule has 2 N–H and O–H groups in total. The second kappa shape index (κ2) is 9.51. The molecule has 3 aromatic rings. The molecule has 31 heavy (non-hydrogen) atoms. The zero-order valence-corrected chi connectivity index (χ0v) is 18.4. The molecule has 160 valence electrons. The van der Waals surface area contributed by atoms with Gasteiger partial charge in [-0.2, -0.15) is 0 Å². The number of imide groups is 1. The first-order valence-electron chi connectivity index (χ1n) is 9.05. The standard InChI is InChI=1S/C21H16Cl3N3O4/c1-2-31-18(28)15-11-25-16(14-9-5-7-12-6-3-4-8-13(12)14)10-17(15)26-20(30)27-19(29)21(22,23)24/h3-11H,2H2,1H3,(H2,25,26,27,29,30). The number of hydrogen-bond acceptors (Lipinski definition) is 5. The predicted octanol–water partition coefficient (Wildman–Crippen LogP) is 5.10. The van der Waals surface area contributed by atoms with Gasteiger partial charge in [-0.1, -0.05) is 77.3 Å². The predicted molar refractivity (Wildman–Crippen MR) is 121 cm³/mol. The molecule has 0 spiro atoms. The average molecular weight is 481 g/mol. The van der Waals surface area contributed by atoms with Crippen LogP contribution < -0.4 is 10.6 Å². The molecule has 0 aliphatic carbocycles. The normalized spacial score (nSPS) is 11.1. The van der Waals surface area contributed by atoms with Crippen LogP contribution in [-0.4, -0.2) is 33.3 Å². The van der Waals surface area contributed by atoms with Gasteiger partial charge in [0.15, 0.2) is 0 Å². The Kier molecular flexibility index (Phi) is 7.00. The topological polar surface area (TPSA) is 97.4 Å². The largest absolute Gasteiger partial charge is 0.462 e. The highest BCUT2D eigenvalue weighted by Crippen LogP contribution is 2.30. The number of halogens is 3. The number of ether oxygens (including phenoxy) is 1. The van der Waals surface area contributed by atoms with Gasteiger partial charge >= 0.3 is 12.0 Å². The zero-order valence-electron chi connectivity index (χ0n) is 16.1. The Morgan fingerprint density at radius 3 is 2.48 bits per heavy atom. The van der Waals surface area contributed by atoms with Crippen molar-refractivity contribution in [3.05, 3.63) is 60.3 Å². The number of nitrogens with one attached hydrogen (secondary N) is 2. The van der Waals surface area contributed by atoms with E-state index in [2.05, 4.69) is 10.3 Å². The van der Waals surface area contributed by atoms with Crippen molar-refractivity contribution < 1.29 is 19.1 Å². The van der Waals surface area contributed by atoms with Crippen molar-refractivity contribution in [1.82, 2.24) is 10.3 Å². The number of anilines is 1. The average Bonchev–Trinajstić information content (AvgIpc) is 2.72.